The van der Waals surface area contributed by atoms with Gasteiger partial charge in [0.05, 0.1) is 23.1 Å². The summed E-state index contributed by atoms with van der Waals surface area (Å²) >= 11 is 5.52. The molecule has 0 aliphatic rings. The Bertz CT molecular complexity index is 219. The van der Waals surface area contributed by atoms with E-state index >= 15 is 0 Å². The van der Waals surface area contributed by atoms with Crippen LogP contribution in [-0.4, -0.2) is 21.6 Å². The average Bonchev–Trinajstić information content (AvgIpc) is 2.18. The number of nitrogens with one attached hydrogen (secondary N) is 1. The van der Waals surface area contributed by atoms with Crippen molar-refractivity contribution in [3.63, 3.8) is 0 Å². The number of aromatic amines is 1. The van der Waals surface area contributed by atoms with Gasteiger partial charge in [0.1, 0.15) is 0 Å². The highest BCUT2D eigenvalue weighted by atomic mass is 35.5. The van der Waals surface area contributed by atoms with E-state index in [-0.39, 0.29) is 0 Å². The van der Waals surface area contributed by atoms with Crippen molar-refractivity contribution in [2.24, 2.45) is 5.16 Å². The van der Waals surface area contributed by atoms with Crippen LogP contribution in [-0.2, 0) is 0 Å². The van der Waals surface area contributed by atoms with E-state index in [0.717, 1.165) is 0 Å². The second-order valence-corrected chi connectivity index (χ2v) is 1.78. The molecule has 0 bridgehead atoms. The molecule has 0 aliphatic carbocycles. The fraction of sp³-hybridized carbons (Fsp3) is 0. The molecule has 0 fully saturated rings. The van der Waals surface area contributed by atoms with Gasteiger partial charge in [-0.15, -0.1) is 0 Å². The summed E-state index contributed by atoms with van der Waals surface area (Å²) in [5, 5.41) is 17.3. The van der Waals surface area contributed by atoms with Crippen molar-refractivity contribution >= 4 is 17.8 Å². The first kappa shape index (κ1) is 6.10. The molecular weight excluding hydrogens is 142 g/mol. The van der Waals surface area contributed by atoms with E-state index in [1.165, 1.54) is 12.4 Å². The van der Waals surface area contributed by atoms with Crippen LogP contribution >= 0.6 is 11.6 Å². The van der Waals surface area contributed by atoms with Crippen molar-refractivity contribution in [1.29, 1.82) is 0 Å². The van der Waals surface area contributed by atoms with Crippen molar-refractivity contribution in [2.75, 3.05) is 0 Å². The number of H-pyrrole nitrogens is 1. The molecule has 1 aromatic rings. The lowest BCUT2D eigenvalue weighted by atomic mass is 10.5. The lowest BCUT2D eigenvalue weighted by Gasteiger charge is -1.80. The predicted octanol–water partition coefficient (Wildman–Crippen LogP) is 0.871. The van der Waals surface area contributed by atoms with Gasteiger partial charge in [0.15, 0.2) is 0 Å². The van der Waals surface area contributed by atoms with Crippen molar-refractivity contribution in [3.05, 3.63) is 16.9 Å². The molecule has 0 atom stereocenters. The number of hydrogen-bond donors (Lipinski definition) is 2. The van der Waals surface area contributed by atoms with Crippen LogP contribution in [0.4, 0.5) is 0 Å². The lowest BCUT2D eigenvalue weighted by Crippen LogP contribution is -1.80. The minimum Gasteiger partial charge on any atom is -0.411 e. The fourth-order valence-corrected chi connectivity index (χ4v) is 0.570. The standard InChI is InChI=1S/C4H4ClN3O/c5-3-1-6-8-4(3)2-7-9/h1-2,9H,(H,6,8)/b7-2+. The number of hydrogen-bond acceptors (Lipinski definition) is 3. The maximum atomic E-state index is 8.03. The Labute approximate surface area is 56.1 Å². The molecule has 48 valence electrons. The van der Waals surface area contributed by atoms with E-state index in [0.29, 0.717) is 10.7 Å². The van der Waals surface area contributed by atoms with Crippen LogP contribution in [0.15, 0.2) is 11.4 Å². The van der Waals surface area contributed by atoms with Crippen molar-refractivity contribution in [1.82, 2.24) is 10.2 Å². The first-order valence-corrected chi connectivity index (χ1v) is 2.58. The van der Waals surface area contributed by atoms with Crippen LogP contribution in [0.25, 0.3) is 0 Å². The molecule has 1 heterocycles. The van der Waals surface area contributed by atoms with E-state index in [1.807, 2.05) is 0 Å². The molecular formula is C4H4ClN3O. The lowest BCUT2D eigenvalue weighted by molar-refractivity contribution is 0.321. The third-order valence-corrected chi connectivity index (χ3v) is 1.11. The molecule has 2 N–H and O–H groups in total. The molecule has 5 heteroatoms. The maximum absolute atomic E-state index is 8.03. The highest BCUT2D eigenvalue weighted by Crippen LogP contribution is 2.07. The first-order valence-electron chi connectivity index (χ1n) is 2.21. The number of halogens is 1. The fourth-order valence-electron chi connectivity index (χ4n) is 0.430. The number of nitrogens with zero attached hydrogens (tertiary/aromatic N) is 2. The first-order chi connectivity index (χ1) is 4.34. The van der Waals surface area contributed by atoms with Gasteiger partial charge in [-0.2, -0.15) is 5.10 Å². The van der Waals surface area contributed by atoms with Crippen molar-refractivity contribution in [3.8, 4) is 0 Å². The van der Waals surface area contributed by atoms with Crippen molar-refractivity contribution in [2.45, 2.75) is 0 Å². The zero-order chi connectivity index (χ0) is 6.69. The minimum atomic E-state index is 0.438. The summed E-state index contributed by atoms with van der Waals surface area (Å²) in [4.78, 5) is 0. The van der Waals surface area contributed by atoms with Crippen LogP contribution in [0, 0.1) is 0 Å². The zero-order valence-corrected chi connectivity index (χ0v) is 5.13. The van der Waals surface area contributed by atoms with Crippen LogP contribution in [0.3, 0.4) is 0 Å². The molecule has 0 radical (unpaired) electrons. The van der Waals surface area contributed by atoms with E-state index in [1.54, 1.807) is 0 Å². The largest absolute Gasteiger partial charge is 0.411 e. The monoisotopic (exact) mass is 145 g/mol. The maximum Gasteiger partial charge on any atom is 0.0980 e. The van der Waals surface area contributed by atoms with E-state index < -0.39 is 0 Å². The summed E-state index contributed by atoms with van der Waals surface area (Å²) in [5.41, 5.74) is 0.499. The molecule has 0 unspecified atom stereocenters. The Hall–Kier alpha value is -1.03. The second kappa shape index (κ2) is 2.50. The van der Waals surface area contributed by atoms with Crippen LogP contribution in [0.5, 0.6) is 0 Å². The predicted molar refractivity (Wildman–Crippen MR) is 33.0 cm³/mol. The Morgan fingerprint density at radius 1 is 1.89 bits per heavy atom. The van der Waals surface area contributed by atoms with E-state index in [2.05, 4.69) is 15.4 Å². The summed E-state index contributed by atoms with van der Waals surface area (Å²) in [6.45, 7) is 0. The molecule has 1 aromatic heterocycles. The quantitative estimate of drug-likeness (QED) is 0.350. The van der Waals surface area contributed by atoms with Gasteiger partial charge in [0.25, 0.3) is 0 Å². The Morgan fingerprint density at radius 2 is 2.67 bits per heavy atom. The van der Waals surface area contributed by atoms with Gasteiger partial charge < -0.3 is 5.21 Å². The normalized spacial score (nSPS) is 10.8. The zero-order valence-electron chi connectivity index (χ0n) is 4.37. The Kier molecular flexibility index (Phi) is 1.69. The number of rotatable bonds is 1. The molecule has 0 amide bonds. The third kappa shape index (κ3) is 1.20. The highest BCUT2D eigenvalue weighted by Gasteiger charge is 1.95. The van der Waals surface area contributed by atoms with Crippen LogP contribution in [0.2, 0.25) is 5.02 Å². The summed E-state index contributed by atoms with van der Waals surface area (Å²) < 4.78 is 0. The highest BCUT2D eigenvalue weighted by molar-refractivity contribution is 6.32. The van der Waals surface area contributed by atoms with Gasteiger partial charge in [0.2, 0.25) is 0 Å². The molecule has 1 rings (SSSR count). The topological polar surface area (TPSA) is 61.3 Å². The molecule has 0 saturated carbocycles. The molecule has 4 nitrogen and oxygen atoms in total. The second-order valence-electron chi connectivity index (χ2n) is 1.38. The summed E-state index contributed by atoms with van der Waals surface area (Å²) in [6, 6.07) is 0. The smallest absolute Gasteiger partial charge is 0.0980 e. The van der Waals surface area contributed by atoms with Crippen LogP contribution in [0.1, 0.15) is 5.69 Å². The van der Waals surface area contributed by atoms with E-state index in [4.69, 9.17) is 16.8 Å². The molecule has 0 spiro atoms. The third-order valence-electron chi connectivity index (χ3n) is 0.807. The van der Waals surface area contributed by atoms with Gasteiger partial charge >= 0.3 is 0 Å². The minimum absolute atomic E-state index is 0.438. The summed E-state index contributed by atoms with van der Waals surface area (Å²) in [5.74, 6) is 0. The van der Waals surface area contributed by atoms with Crippen LogP contribution < -0.4 is 0 Å². The van der Waals surface area contributed by atoms with Gasteiger partial charge in [0, 0.05) is 0 Å². The molecule has 0 aliphatic heterocycles. The average molecular weight is 146 g/mol. The van der Waals surface area contributed by atoms with E-state index in [9.17, 15) is 0 Å². The molecule has 0 saturated heterocycles. The molecule has 9 heavy (non-hydrogen) atoms. The number of oxime groups is 1. The van der Waals surface area contributed by atoms with Gasteiger partial charge in [-0.25, -0.2) is 0 Å². The summed E-state index contributed by atoms with van der Waals surface area (Å²) in [7, 11) is 0. The SMILES string of the molecule is O/N=C/c1[nH]ncc1Cl. The summed E-state index contributed by atoms with van der Waals surface area (Å²) in [6.07, 6.45) is 2.61. The van der Waals surface area contributed by atoms with Gasteiger partial charge in [-0.3, -0.25) is 5.10 Å². The van der Waals surface area contributed by atoms with Gasteiger partial charge in [-0.1, -0.05) is 16.8 Å². The van der Waals surface area contributed by atoms with Crippen molar-refractivity contribution < 1.29 is 5.21 Å². The Morgan fingerprint density at radius 3 is 3.11 bits per heavy atom. The molecule has 0 aromatic carbocycles. The Balaban J connectivity index is 2.94. The number of aromatic nitrogens is 2. The van der Waals surface area contributed by atoms with Gasteiger partial charge in [-0.05, 0) is 0 Å².